The number of hydrogen-bond donors (Lipinski definition) is 0. The number of rotatable bonds is 6. The summed E-state index contributed by atoms with van der Waals surface area (Å²) in [6, 6.07) is 28.7. The number of ether oxygens (including phenoxy) is 1. The van der Waals surface area contributed by atoms with Gasteiger partial charge in [-0.2, -0.15) is 0 Å². The Kier molecular flexibility index (Phi) is 5.44. The Morgan fingerprint density at radius 1 is 0.767 bits per heavy atom. The van der Waals surface area contributed by atoms with Gasteiger partial charge in [0.25, 0.3) is 8.32 Å². The van der Waals surface area contributed by atoms with Gasteiger partial charge in [-0.1, -0.05) is 99.6 Å². The minimum Gasteiger partial charge on any atom is -0.380 e. The zero-order chi connectivity index (χ0) is 21.4. The fraction of sp³-hybridized carbons (Fsp3) is 0.250. The maximum absolute atomic E-state index is 13.0. The summed E-state index contributed by atoms with van der Waals surface area (Å²) in [6.45, 7) is 6.47. The van der Waals surface area contributed by atoms with E-state index in [9.17, 15) is 8.42 Å². The zero-order valence-corrected chi connectivity index (χ0v) is 19.2. The minimum absolute atomic E-state index is 0.247. The molecule has 4 nitrogen and oxygen atoms in total. The standard InChI is InChI=1S/C24H26O4SSi/c1-24(2,3)30(20-15-9-5-10-16-20,21-17-11-6-12-18-21)28-22-23(27-22)29(25,26)19-13-7-4-8-14-19/h4-18,22-23H,1-3H3/t22-,23+/m1/s1. The summed E-state index contributed by atoms with van der Waals surface area (Å²) < 4.78 is 38.4. The molecule has 6 heteroatoms. The molecule has 156 valence electrons. The maximum atomic E-state index is 13.0. The second-order valence-electron chi connectivity index (χ2n) is 8.51. The van der Waals surface area contributed by atoms with E-state index in [1.54, 1.807) is 30.3 Å². The summed E-state index contributed by atoms with van der Waals surface area (Å²) >= 11 is 0. The predicted octanol–water partition coefficient (Wildman–Crippen LogP) is 3.72. The molecule has 0 aromatic heterocycles. The van der Waals surface area contributed by atoms with Gasteiger partial charge in [0, 0.05) is 0 Å². The van der Waals surface area contributed by atoms with Gasteiger partial charge in [-0.05, 0) is 27.5 Å². The molecule has 1 fully saturated rings. The van der Waals surface area contributed by atoms with Crippen LogP contribution in [0.2, 0.25) is 5.04 Å². The fourth-order valence-electron chi connectivity index (χ4n) is 4.00. The van der Waals surface area contributed by atoms with Gasteiger partial charge in [-0.3, -0.25) is 0 Å². The van der Waals surface area contributed by atoms with E-state index >= 15 is 0 Å². The molecular formula is C24H26O4SSi. The van der Waals surface area contributed by atoms with Gasteiger partial charge < -0.3 is 9.16 Å². The highest BCUT2D eigenvalue weighted by atomic mass is 32.2. The molecule has 0 saturated carbocycles. The number of hydrogen-bond acceptors (Lipinski definition) is 4. The van der Waals surface area contributed by atoms with Gasteiger partial charge in [0.05, 0.1) is 4.90 Å². The van der Waals surface area contributed by atoms with Crippen molar-refractivity contribution in [2.45, 2.75) is 42.4 Å². The summed E-state index contributed by atoms with van der Waals surface area (Å²) in [4.78, 5) is 0.253. The highest BCUT2D eigenvalue weighted by Crippen LogP contribution is 2.42. The molecule has 0 N–H and O–H groups in total. The van der Waals surface area contributed by atoms with Crippen LogP contribution in [0.1, 0.15) is 20.8 Å². The topological polar surface area (TPSA) is 55.9 Å². The van der Waals surface area contributed by atoms with Crippen LogP contribution in [0, 0.1) is 0 Å². The quantitative estimate of drug-likeness (QED) is 0.435. The van der Waals surface area contributed by atoms with Crippen molar-refractivity contribution in [3.05, 3.63) is 91.0 Å². The molecule has 1 aliphatic rings. The Bertz CT molecular complexity index is 1050. The molecule has 1 saturated heterocycles. The molecule has 30 heavy (non-hydrogen) atoms. The average Bonchev–Trinajstić information content (AvgIpc) is 3.53. The summed E-state index contributed by atoms with van der Waals surface area (Å²) in [7, 11) is -6.48. The number of epoxide rings is 1. The van der Waals surface area contributed by atoms with E-state index in [-0.39, 0.29) is 9.93 Å². The average molecular weight is 439 g/mol. The first-order valence-electron chi connectivity index (χ1n) is 10.00. The maximum Gasteiger partial charge on any atom is 0.264 e. The molecule has 1 heterocycles. The van der Waals surface area contributed by atoms with Crippen LogP contribution in [0.25, 0.3) is 0 Å². The molecule has 3 aromatic rings. The van der Waals surface area contributed by atoms with Crippen LogP contribution in [0.5, 0.6) is 0 Å². The van der Waals surface area contributed by atoms with Gasteiger partial charge in [0.2, 0.25) is 15.3 Å². The Hall–Kier alpha value is -2.25. The molecule has 0 bridgehead atoms. The molecular weight excluding hydrogens is 412 g/mol. The van der Waals surface area contributed by atoms with E-state index in [2.05, 4.69) is 45.0 Å². The highest BCUT2D eigenvalue weighted by Gasteiger charge is 2.59. The Morgan fingerprint density at radius 3 is 1.63 bits per heavy atom. The lowest BCUT2D eigenvalue weighted by atomic mass is 10.2. The Labute approximate surface area is 179 Å². The van der Waals surface area contributed by atoms with Crippen molar-refractivity contribution >= 4 is 28.5 Å². The zero-order valence-electron chi connectivity index (χ0n) is 17.4. The molecule has 0 aliphatic carbocycles. The summed E-state index contributed by atoms with van der Waals surface area (Å²) in [6.07, 6.45) is -0.790. The van der Waals surface area contributed by atoms with E-state index in [0.29, 0.717) is 0 Å². The normalized spacial score (nSPS) is 19.4. The monoisotopic (exact) mass is 438 g/mol. The van der Waals surface area contributed by atoms with Crippen LogP contribution in [-0.2, 0) is 19.0 Å². The van der Waals surface area contributed by atoms with Gasteiger partial charge >= 0.3 is 0 Å². The van der Waals surface area contributed by atoms with Crippen molar-refractivity contribution in [2.75, 3.05) is 0 Å². The van der Waals surface area contributed by atoms with E-state index in [0.717, 1.165) is 10.4 Å². The van der Waals surface area contributed by atoms with Crippen molar-refractivity contribution in [3.8, 4) is 0 Å². The first kappa shape index (κ1) is 21.0. The fourth-order valence-corrected chi connectivity index (χ4v) is 10.0. The van der Waals surface area contributed by atoms with Gasteiger partial charge in [-0.25, -0.2) is 8.42 Å². The van der Waals surface area contributed by atoms with E-state index in [4.69, 9.17) is 9.16 Å². The lowest BCUT2D eigenvalue weighted by molar-refractivity contribution is 0.167. The van der Waals surface area contributed by atoms with Crippen molar-refractivity contribution in [2.24, 2.45) is 0 Å². The lowest BCUT2D eigenvalue weighted by Crippen LogP contribution is -2.67. The van der Waals surface area contributed by atoms with Crippen LogP contribution >= 0.6 is 0 Å². The van der Waals surface area contributed by atoms with Gasteiger partial charge in [-0.15, -0.1) is 0 Å². The molecule has 4 rings (SSSR count). The predicted molar refractivity (Wildman–Crippen MR) is 121 cm³/mol. The highest BCUT2D eigenvalue weighted by molar-refractivity contribution is 7.92. The summed E-state index contributed by atoms with van der Waals surface area (Å²) in [5.74, 6) is 0. The van der Waals surface area contributed by atoms with E-state index in [1.165, 1.54) is 0 Å². The van der Waals surface area contributed by atoms with Crippen molar-refractivity contribution in [1.82, 2.24) is 0 Å². The Morgan fingerprint density at radius 2 is 1.20 bits per heavy atom. The molecule has 0 amide bonds. The molecule has 1 aliphatic heterocycles. The number of benzene rings is 3. The van der Waals surface area contributed by atoms with Crippen LogP contribution in [-0.4, -0.2) is 28.5 Å². The second kappa shape index (κ2) is 7.78. The van der Waals surface area contributed by atoms with Crippen molar-refractivity contribution in [3.63, 3.8) is 0 Å². The SMILES string of the molecule is CC(C)(C)[Si](O[C@H]1O[C@H]1S(=O)(=O)c1ccccc1)(c1ccccc1)c1ccccc1. The largest absolute Gasteiger partial charge is 0.380 e. The third kappa shape index (κ3) is 3.65. The lowest BCUT2D eigenvalue weighted by Gasteiger charge is -2.42. The molecule has 0 unspecified atom stereocenters. The minimum atomic E-state index is -3.62. The van der Waals surface area contributed by atoms with Gasteiger partial charge in [0.15, 0.2) is 6.29 Å². The Balaban J connectivity index is 1.76. The van der Waals surface area contributed by atoms with E-state index in [1.807, 2.05) is 36.4 Å². The molecule has 3 aromatic carbocycles. The van der Waals surface area contributed by atoms with Gasteiger partial charge in [0.1, 0.15) is 0 Å². The molecule has 2 atom stereocenters. The van der Waals surface area contributed by atoms with Crippen LogP contribution in [0.4, 0.5) is 0 Å². The second-order valence-corrected chi connectivity index (χ2v) is 14.8. The summed E-state index contributed by atoms with van der Waals surface area (Å²) in [5, 5.41) is 1.94. The van der Waals surface area contributed by atoms with Crippen LogP contribution < -0.4 is 10.4 Å². The molecule has 0 spiro atoms. The number of sulfone groups is 1. The third-order valence-corrected chi connectivity index (χ3v) is 12.4. The van der Waals surface area contributed by atoms with Crippen molar-refractivity contribution in [1.29, 1.82) is 0 Å². The summed E-state index contributed by atoms with van der Waals surface area (Å²) in [5.41, 5.74) is -0.985. The first-order chi connectivity index (χ1) is 14.3. The van der Waals surface area contributed by atoms with Crippen LogP contribution in [0.3, 0.4) is 0 Å². The van der Waals surface area contributed by atoms with Crippen molar-refractivity contribution < 1.29 is 17.6 Å². The van der Waals surface area contributed by atoms with E-state index < -0.39 is 29.9 Å². The third-order valence-electron chi connectivity index (χ3n) is 5.50. The first-order valence-corrected chi connectivity index (χ1v) is 13.5. The smallest absolute Gasteiger partial charge is 0.264 e. The van der Waals surface area contributed by atoms with Crippen LogP contribution in [0.15, 0.2) is 95.9 Å². The molecule has 0 radical (unpaired) electrons.